The second-order valence-corrected chi connectivity index (χ2v) is 7.81. The molecule has 0 radical (unpaired) electrons. The third-order valence-electron chi connectivity index (χ3n) is 3.32. The maximum atomic E-state index is 3.70. The molecule has 1 nitrogen and oxygen atoms in total. The first-order valence-electron chi connectivity index (χ1n) is 6.83. The number of aryl methyl sites for hydroxylation is 1. The predicted molar refractivity (Wildman–Crippen MR) is 101 cm³/mol. The molecule has 0 aliphatic carbocycles. The van der Waals surface area contributed by atoms with Gasteiger partial charge in [0, 0.05) is 25.4 Å². The summed E-state index contributed by atoms with van der Waals surface area (Å²) in [5.41, 5.74) is 2.77. The highest BCUT2D eigenvalue weighted by Crippen LogP contribution is 2.31. The van der Waals surface area contributed by atoms with Gasteiger partial charge in [0.1, 0.15) is 0 Å². The smallest absolute Gasteiger partial charge is 0.0379 e. The van der Waals surface area contributed by atoms with Crippen LogP contribution in [0.1, 0.15) is 35.4 Å². The first-order chi connectivity index (χ1) is 9.63. The first kappa shape index (κ1) is 16.5. The average molecular weight is 464 g/mol. The Morgan fingerprint density at radius 3 is 2.80 bits per heavy atom. The zero-order valence-electron chi connectivity index (χ0n) is 11.7. The highest BCUT2D eigenvalue weighted by atomic mass is 127. The van der Waals surface area contributed by atoms with Crippen molar-refractivity contribution in [1.82, 2.24) is 5.32 Å². The van der Waals surface area contributed by atoms with Crippen molar-refractivity contribution in [2.75, 3.05) is 6.54 Å². The minimum absolute atomic E-state index is 0.386. The van der Waals surface area contributed by atoms with Crippen molar-refractivity contribution in [3.63, 3.8) is 0 Å². The summed E-state index contributed by atoms with van der Waals surface area (Å²) < 4.78 is 2.61. The van der Waals surface area contributed by atoms with Crippen LogP contribution in [0.3, 0.4) is 0 Å². The van der Waals surface area contributed by atoms with Crippen LogP contribution in [0.4, 0.5) is 0 Å². The Morgan fingerprint density at radius 2 is 2.15 bits per heavy atom. The lowest BCUT2D eigenvalue weighted by molar-refractivity contribution is 0.529. The Kier molecular flexibility index (Phi) is 6.52. The van der Waals surface area contributed by atoms with Crippen LogP contribution in [0.5, 0.6) is 0 Å². The molecule has 20 heavy (non-hydrogen) atoms. The number of hydrogen-bond acceptors (Lipinski definition) is 2. The molecule has 0 amide bonds. The van der Waals surface area contributed by atoms with E-state index < -0.39 is 0 Å². The van der Waals surface area contributed by atoms with Gasteiger partial charge in [-0.15, -0.1) is 11.3 Å². The minimum Gasteiger partial charge on any atom is -0.310 e. The van der Waals surface area contributed by atoms with Crippen LogP contribution in [0.25, 0.3) is 0 Å². The Labute approximate surface area is 147 Å². The highest BCUT2D eigenvalue weighted by molar-refractivity contribution is 14.1. The molecule has 0 spiro atoms. The number of hydrogen-bond donors (Lipinski definition) is 1. The number of rotatable bonds is 6. The predicted octanol–water partition coefficient (Wildman–Crippen LogP) is 5.71. The van der Waals surface area contributed by atoms with Crippen LogP contribution < -0.4 is 5.32 Å². The minimum atomic E-state index is 0.386. The van der Waals surface area contributed by atoms with Crippen LogP contribution in [0, 0.1) is 10.5 Å². The molecule has 1 N–H and O–H groups in total. The van der Waals surface area contributed by atoms with Gasteiger partial charge in [-0.2, -0.15) is 0 Å². The molecule has 0 aliphatic heterocycles. The van der Waals surface area contributed by atoms with Gasteiger partial charge in [-0.1, -0.05) is 25.1 Å². The molecule has 1 aromatic heterocycles. The maximum absolute atomic E-state index is 3.70. The van der Waals surface area contributed by atoms with Gasteiger partial charge in [0.2, 0.25) is 0 Å². The molecule has 4 heteroatoms. The standard InChI is InChI=1S/C16H19BrINS/c1-3-8-19-14(10-15-13(17)7-9-20-15)12-6-4-5-11(2)16(12)18/h4-7,9,14,19H,3,8,10H2,1-2H3. The molecule has 2 rings (SSSR count). The van der Waals surface area contributed by atoms with Crippen molar-refractivity contribution in [3.05, 3.63) is 53.7 Å². The largest absolute Gasteiger partial charge is 0.310 e. The zero-order chi connectivity index (χ0) is 14.5. The van der Waals surface area contributed by atoms with Gasteiger partial charge < -0.3 is 5.32 Å². The van der Waals surface area contributed by atoms with E-state index in [1.165, 1.54) is 24.0 Å². The molecule has 0 saturated heterocycles. The molecule has 2 aromatic rings. The van der Waals surface area contributed by atoms with Crippen LogP contribution in [-0.4, -0.2) is 6.54 Å². The van der Waals surface area contributed by atoms with E-state index in [9.17, 15) is 0 Å². The summed E-state index contributed by atoms with van der Waals surface area (Å²) in [6, 6.07) is 9.12. The molecule has 1 aromatic carbocycles. The number of halogens is 2. The van der Waals surface area contributed by atoms with E-state index in [-0.39, 0.29) is 0 Å². The van der Waals surface area contributed by atoms with E-state index in [1.807, 2.05) is 11.3 Å². The van der Waals surface area contributed by atoms with Crippen LogP contribution >= 0.6 is 49.9 Å². The summed E-state index contributed by atoms with van der Waals surface area (Å²) in [7, 11) is 0. The molecule has 0 aliphatic rings. The summed E-state index contributed by atoms with van der Waals surface area (Å²) in [5.74, 6) is 0. The lowest BCUT2D eigenvalue weighted by Crippen LogP contribution is -2.25. The Bertz CT molecular complexity index is 567. The van der Waals surface area contributed by atoms with Gasteiger partial charge in [0.25, 0.3) is 0 Å². The maximum Gasteiger partial charge on any atom is 0.0379 e. The van der Waals surface area contributed by atoms with E-state index in [0.29, 0.717) is 6.04 Å². The lowest BCUT2D eigenvalue weighted by atomic mass is 10.0. The van der Waals surface area contributed by atoms with Crippen LogP contribution in [0.15, 0.2) is 34.1 Å². The molecule has 1 unspecified atom stereocenters. The second-order valence-electron chi connectivity index (χ2n) is 4.88. The summed E-state index contributed by atoms with van der Waals surface area (Å²) in [6.07, 6.45) is 2.20. The van der Waals surface area contributed by atoms with Crippen LogP contribution in [0.2, 0.25) is 0 Å². The van der Waals surface area contributed by atoms with Crippen molar-refractivity contribution in [3.8, 4) is 0 Å². The van der Waals surface area contributed by atoms with Crippen LogP contribution in [-0.2, 0) is 6.42 Å². The molecule has 0 saturated carbocycles. The van der Waals surface area contributed by atoms with Gasteiger partial charge in [0.05, 0.1) is 0 Å². The summed E-state index contributed by atoms with van der Waals surface area (Å²) >= 11 is 7.95. The van der Waals surface area contributed by atoms with Gasteiger partial charge in [-0.3, -0.25) is 0 Å². The molecule has 0 bridgehead atoms. The third-order valence-corrected chi connectivity index (χ3v) is 6.74. The third kappa shape index (κ3) is 4.06. The summed E-state index contributed by atoms with van der Waals surface area (Å²) in [6.45, 7) is 5.45. The zero-order valence-corrected chi connectivity index (χ0v) is 16.3. The van der Waals surface area contributed by atoms with E-state index in [1.54, 1.807) is 0 Å². The van der Waals surface area contributed by atoms with E-state index in [0.717, 1.165) is 19.4 Å². The molecular weight excluding hydrogens is 445 g/mol. The molecule has 1 atom stereocenters. The number of benzene rings is 1. The Morgan fingerprint density at radius 1 is 1.35 bits per heavy atom. The van der Waals surface area contributed by atoms with E-state index >= 15 is 0 Å². The van der Waals surface area contributed by atoms with Gasteiger partial charge in [0.15, 0.2) is 0 Å². The monoisotopic (exact) mass is 463 g/mol. The fraction of sp³-hybridized carbons (Fsp3) is 0.375. The molecule has 108 valence electrons. The molecule has 0 fully saturated rings. The Balaban J connectivity index is 2.27. The fourth-order valence-electron chi connectivity index (χ4n) is 2.21. The first-order valence-corrected chi connectivity index (χ1v) is 9.59. The average Bonchev–Trinajstić information content (AvgIpc) is 2.83. The van der Waals surface area contributed by atoms with Crippen molar-refractivity contribution in [2.24, 2.45) is 0 Å². The Hall–Kier alpha value is 0.0900. The summed E-state index contributed by atoms with van der Waals surface area (Å²) in [4.78, 5) is 1.41. The normalized spacial score (nSPS) is 12.6. The van der Waals surface area contributed by atoms with Gasteiger partial charge >= 0.3 is 0 Å². The highest BCUT2D eigenvalue weighted by Gasteiger charge is 2.17. The van der Waals surface area contributed by atoms with Crippen molar-refractivity contribution >= 4 is 49.9 Å². The quantitative estimate of drug-likeness (QED) is 0.541. The number of thiophene rings is 1. The van der Waals surface area contributed by atoms with E-state index in [4.69, 9.17) is 0 Å². The second kappa shape index (κ2) is 7.92. The fourth-order valence-corrected chi connectivity index (χ4v) is 4.50. The van der Waals surface area contributed by atoms with Crippen molar-refractivity contribution in [2.45, 2.75) is 32.7 Å². The van der Waals surface area contributed by atoms with E-state index in [2.05, 4.69) is 87.3 Å². The van der Waals surface area contributed by atoms with Crippen molar-refractivity contribution < 1.29 is 0 Å². The van der Waals surface area contributed by atoms with Gasteiger partial charge in [-0.05, 0) is 81.0 Å². The van der Waals surface area contributed by atoms with Gasteiger partial charge in [-0.25, -0.2) is 0 Å². The summed E-state index contributed by atoms with van der Waals surface area (Å²) in [5, 5.41) is 5.85. The lowest BCUT2D eigenvalue weighted by Gasteiger charge is -2.21. The topological polar surface area (TPSA) is 12.0 Å². The van der Waals surface area contributed by atoms with Crippen molar-refractivity contribution in [1.29, 1.82) is 0 Å². The molecule has 1 heterocycles. The number of nitrogens with one attached hydrogen (secondary N) is 1. The molecular formula is C16H19BrINS. The SMILES string of the molecule is CCCNC(Cc1sccc1Br)c1cccc(C)c1I.